The highest BCUT2D eigenvalue weighted by Crippen LogP contribution is 2.18. The smallest absolute Gasteiger partial charge is 0.304 e. The number of hydrogen-bond donors (Lipinski definition) is 2. The van der Waals surface area contributed by atoms with Crippen molar-refractivity contribution >= 4 is 11.8 Å². The Kier molecular flexibility index (Phi) is 7.31. The minimum Gasteiger partial charge on any atom is -0.489 e. The van der Waals surface area contributed by atoms with Crippen LogP contribution in [0.1, 0.15) is 46.0 Å². The van der Waals surface area contributed by atoms with Crippen LogP contribution in [0.5, 0.6) is 5.75 Å². The number of hydrogen-bond acceptors (Lipinski definition) is 5. The molecule has 134 valence electrons. The van der Waals surface area contributed by atoms with Gasteiger partial charge in [0, 0.05) is 19.1 Å². The Balaban J connectivity index is 1.81. The Morgan fingerprint density at radius 3 is 3.04 bits per heavy atom. The summed E-state index contributed by atoms with van der Waals surface area (Å²) in [7, 11) is 0. The molecule has 2 N–H and O–H groups in total. The second-order valence-electron chi connectivity index (χ2n) is 6.52. The molecule has 6 nitrogen and oxygen atoms in total. The van der Waals surface area contributed by atoms with E-state index >= 15 is 0 Å². The zero-order valence-corrected chi connectivity index (χ0v) is 14.7. The SMILES string of the molecule is CCCC(C)Oc1ccc(NC2CCCN(CCC(=O)O)C2)nc1. The van der Waals surface area contributed by atoms with E-state index in [0.29, 0.717) is 12.6 Å². The second-order valence-corrected chi connectivity index (χ2v) is 6.52. The van der Waals surface area contributed by atoms with Crippen LogP contribution in [0.2, 0.25) is 0 Å². The first kappa shape index (κ1) is 18.5. The number of carboxylic acid groups (broad SMARTS) is 1. The topological polar surface area (TPSA) is 74.7 Å². The molecule has 0 bridgehead atoms. The molecule has 24 heavy (non-hydrogen) atoms. The van der Waals surface area contributed by atoms with Gasteiger partial charge in [0.15, 0.2) is 0 Å². The highest BCUT2D eigenvalue weighted by Gasteiger charge is 2.20. The first-order valence-corrected chi connectivity index (χ1v) is 8.90. The van der Waals surface area contributed by atoms with Crippen LogP contribution in [0.4, 0.5) is 5.82 Å². The van der Waals surface area contributed by atoms with Crippen LogP contribution in [0, 0.1) is 0 Å². The lowest BCUT2D eigenvalue weighted by atomic mass is 10.1. The summed E-state index contributed by atoms with van der Waals surface area (Å²) in [5.41, 5.74) is 0. The van der Waals surface area contributed by atoms with Gasteiger partial charge in [-0.05, 0) is 44.9 Å². The average Bonchev–Trinajstić information content (AvgIpc) is 2.55. The normalized spacial score (nSPS) is 19.7. The maximum Gasteiger partial charge on any atom is 0.304 e. The minimum atomic E-state index is -0.736. The number of ether oxygens (including phenoxy) is 1. The molecule has 6 heteroatoms. The van der Waals surface area contributed by atoms with Crippen molar-refractivity contribution in [2.45, 2.75) is 58.1 Å². The second kappa shape index (κ2) is 9.47. The lowest BCUT2D eigenvalue weighted by Gasteiger charge is -2.33. The zero-order chi connectivity index (χ0) is 17.4. The molecule has 0 saturated carbocycles. The van der Waals surface area contributed by atoms with E-state index < -0.39 is 5.97 Å². The van der Waals surface area contributed by atoms with E-state index in [2.05, 4.69) is 29.0 Å². The number of aromatic nitrogens is 1. The molecule has 0 amide bonds. The van der Waals surface area contributed by atoms with Crippen molar-refractivity contribution in [2.24, 2.45) is 0 Å². The van der Waals surface area contributed by atoms with Crippen molar-refractivity contribution in [3.63, 3.8) is 0 Å². The van der Waals surface area contributed by atoms with Gasteiger partial charge in [0.25, 0.3) is 0 Å². The molecular weight excluding hydrogens is 306 g/mol. The number of nitrogens with one attached hydrogen (secondary N) is 1. The Hall–Kier alpha value is -1.82. The summed E-state index contributed by atoms with van der Waals surface area (Å²) in [5, 5.41) is 12.3. The van der Waals surface area contributed by atoms with Crippen molar-refractivity contribution in [2.75, 3.05) is 25.0 Å². The Morgan fingerprint density at radius 2 is 2.38 bits per heavy atom. The lowest BCUT2D eigenvalue weighted by Crippen LogP contribution is -2.42. The van der Waals surface area contributed by atoms with Crippen LogP contribution in [0.15, 0.2) is 18.3 Å². The molecule has 1 aromatic rings. The van der Waals surface area contributed by atoms with E-state index in [4.69, 9.17) is 9.84 Å². The molecule has 1 aliphatic rings. The average molecular weight is 335 g/mol. The molecule has 1 aliphatic heterocycles. The Bertz CT molecular complexity index is 507. The number of nitrogens with zero attached hydrogens (tertiary/aromatic N) is 2. The Morgan fingerprint density at radius 1 is 1.54 bits per heavy atom. The molecule has 1 fully saturated rings. The largest absolute Gasteiger partial charge is 0.489 e. The summed E-state index contributed by atoms with van der Waals surface area (Å²) in [4.78, 5) is 17.3. The van der Waals surface area contributed by atoms with Crippen molar-refractivity contribution in [3.05, 3.63) is 18.3 Å². The van der Waals surface area contributed by atoms with Crippen LogP contribution in [0.3, 0.4) is 0 Å². The van der Waals surface area contributed by atoms with Gasteiger partial charge in [-0.25, -0.2) is 4.98 Å². The van der Waals surface area contributed by atoms with Gasteiger partial charge in [-0.1, -0.05) is 13.3 Å². The van der Waals surface area contributed by atoms with E-state index in [1.54, 1.807) is 6.20 Å². The number of carbonyl (C=O) groups is 1. The number of piperidine rings is 1. The molecule has 1 aromatic heterocycles. The van der Waals surface area contributed by atoms with Crippen LogP contribution in [0.25, 0.3) is 0 Å². The summed E-state index contributed by atoms with van der Waals surface area (Å²) < 4.78 is 5.82. The molecular formula is C18H29N3O3. The predicted octanol–water partition coefficient (Wildman–Crippen LogP) is 3.00. The number of aliphatic carboxylic acids is 1. The molecule has 0 aromatic carbocycles. The van der Waals surface area contributed by atoms with E-state index in [1.807, 2.05) is 12.1 Å². The highest BCUT2D eigenvalue weighted by atomic mass is 16.5. The summed E-state index contributed by atoms with van der Waals surface area (Å²) in [5.74, 6) is 0.906. The van der Waals surface area contributed by atoms with Gasteiger partial charge in [-0.3, -0.25) is 4.79 Å². The third-order valence-corrected chi connectivity index (χ3v) is 4.27. The van der Waals surface area contributed by atoms with Crippen LogP contribution >= 0.6 is 0 Å². The molecule has 0 aliphatic carbocycles. The predicted molar refractivity (Wildman–Crippen MR) is 94.6 cm³/mol. The van der Waals surface area contributed by atoms with Crippen molar-refractivity contribution in [3.8, 4) is 5.75 Å². The maximum atomic E-state index is 10.7. The first-order chi connectivity index (χ1) is 11.6. The third-order valence-electron chi connectivity index (χ3n) is 4.27. The van der Waals surface area contributed by atoms with Gasteiger partial charge in [-0.2, -0.15) is 0 Å². The van der Waals surface area contributed by atoms with Gasteiger partial charge in [0.1, 0.15) is 11.6 Å². The molecule has 2 heterocycles. The summed E-state index contributed by atoms with van der Waals surface area (Å²) in [6, 6.07) is 4.21. The van der Waals surface area contributed by atoms with E-state index in [0.717, 1.165) is 50.3 Å². The first-order valence-electron chi connectivity index (χ1n) is 8.90. The van der Waals surface area contributed by atoms with E-state index in [1.165, 1.54) is 0 Å². The van der Waals surface area contributed by atoms with Gasteiger partial charge in [-0.15, -0.1) is 0 Å². The zero-order valence-electron chi connectivity index (χ0n) is 14.7. The summed E-state index contributed by atoms with van der Waals surface area (Å²) in [6.07, 6.45) is 6.47. The number of carboxylic acids is 1. The fourth-order valence-corrected chi connectivity index (χ4v) is 3.07. The van der Waals surface area contributed by atoms with Gasteiger partial charge in [0.2, 0.25) is 0 Å². The fourth-order valence-electron chi connectivity index (χ4n) is 3.07. The molecule has 2 rings (SSSR count). The maximum absolute atomic E-state index is 10.7. The molecule has 1 saturated heterocycles. The number of likely N-dealkylation sites (tertiary alicyclic amines) is 1. The molecule has 2 atom stereocenters. The van der Waals surface area contributed by atoms with E-state index in [9.17, 15) is 4.79 Å². The molecule has 2 unspecified atom stereocenters. The van der Waals surface area contributed by atoms with Gasteiger partial charge < -0.3 is 20.1 Å². The van der Waals surface area contributed by atoms with Crippen molar-refractivity contribution in [1.82, 2.24) is 9.88 Å². The number of anilines is 1. The van der Waals surface area contributed by atoms with Crippen molar-refractivity contribution in [1.29, 1.82) is 0 Å². The fraction of sp³-hybridized carbons (Fsp3) is 0.667. The number of rotatable bonds is 9. The molecule has 0 spiro atoms. The standard InChI is InChI=1S/C18H29N3O3/c1-3-5-14(2)24-16-7-8-17(19-12-16)20-15-6-4-10-21(13-15)11-9-18(22)23/h7-8,12,14-15H,3-6,9-11,13H2,1-2H3,(H,19,20)(H,22,23). The van der Waals surface area contributed by atoms with Gasteiger partial charge in [0.05, 0.1) is 18.7 Å². The highest BCUT2D eigenvalue weighted by molar-refractivity contribution is 5.66. The molecule has 0 radical (unpaired) electrons. The van der Waals surface area contributed by atoms with Gasteiger partial charge >= 0.3 is 5.97 Å². The van der Waals surface area contributed by atoms with Crippen LogP contribution in [-0.2, 0) is 4.79 Å². The summed E-state index contributed by atoms with van der Waals surface area (Å²) in [6.45, 7) is 6.67. The lowest BCUT2D eigenvalue weighted by molar-refractivity contribution is -0.137. The van der Waals surface area contributed by atoms with Crippen LogP contribution in [-0.4, -0.2) is 52.7 Å². The third kappa shape index (κ3) is 6.35. The minimum absolute atomic E-state index is 0.201. The quantitative estimate of drug-likeness (QED) is 0.722. The van der Waals surface area contributed by atoms with Crippen molar-refractivity contribution < 1.29 is 14.6 Å². The Labute approximate surface area is 144 Å². The summed E-state index contributed by atoms with van der Waals surface area (Å²) >= 11 is 0. The number of pyridine rings is 1. The van der Waals surface area contributed by atoms with Crippen LogP contribution < -0.4 is 10.1 Å². The van der Waals surface area contributed by atoms with E-state index in [-0.39, 0.29) is 12.5 Å². The monoisotopic (exact) mass is 335 g/mol.